The van der Waals surface area contributed by atoms with Crippen LogP contribution in [0.2, 0.25) is 0 Å². The molecule has 2 unspecified atom stereocenters. The summed E-state index contributed by atoms with van der Waals surface area (Å²) in [7, 11) is -3.02. The van der Waals surface area contributed by atoms with Gasteiger partial charge in [-0.2, -0.15) is 0 Å². The highest BCUT2D eigenvalue weighted by molar-refractivity contribution is 7.85. The highest BCUT2D eigenvalue weighted by Crippen LogP contribution is 2.49. The molecule has 0 radical (unpaired) electrons. The van der Waals surface area contributed by atoms with E-state index in [0.29, 0.717) is 0 Å². The van der Waals surface area contributed by atoms with E-state index < -0.39 is 7.14 Å². The molecule has 46 heavy (non-hydrogen) atoms. The molecule has 0 spiro atoms. The Morgan fingerprint density at radius 1 is 0.652 bits per heavy atom. The molecule has 7 rings (SSSR count). The minimum absolute atomic E-state index is 0.214. The third-order valence-corrected chi connectivity index (χ3v) is 12.3. The van der Waals surface area contributed by atoms with E-state index in [1.54, 1.807) is 0 Å². The summed E-state index contributed by atoms with van der Waals surface area (Å²) in [4.78, 5) is 0. The summed E-state index contributed by atoms with van der Waals surface area (Å²) < 4.78 is 14.9. The maximum absolute atomic E-state index is 14.9. The molecule has 0 N–H and O–H groups in total. The topological polar surface area (TPSA) is 17.1 Å². The van der Waals surface area contributed by atoms with E-state index in [1.165, 1.54) is 27.8 Å². The first-order valence-corrected chi connectivity index (χ1v) is 17.8. The molecule has 2 aliphatic carbocycles. The molecule has 0 amide bonds. The second-order valence-electron chi connectivity index (χ2n) is 11.9. The molecule has 0 saturated heterocycles. The number of rotatable bonds is 8. The largest absolute Gasteiger partial charge is 0.309 e. The van der Waals surface area contributed by atoms with Gasteiger partial charge in [-0.3, -0.25) is 0 Å². The summed E-state index contributed by atoms with van der Waals surface area (Å²) in [5.41, 5.74) is 9.12. The number of hydrogen-bond donors (Lipinski definition) is 0. The molecule has 0 heterocycles. The number of allylic oxidation sites excluding steroid dienone is 10. The molecule has 2 heteroatoms. The van der Waals surface area contributed by atoms with E-state index in [2.05, 4.69) is 121 Å². The van der Waals surface area contributed by atoms with Crippen molar-refractivity contribution in [1.82, 2.24) is 0 Å². The van der Waals surface area contributed by atoms with Gasteiger partial charge >= 0.3 is 0 Å². The van der Waals surface area contributed by atoms with Crippen LogP contribution in [0.25, 0.3) is 16.7 Å². The summed E-state index contributed by atoms with van der Waals surface area (Å²) >= 11 is 0. The zero-order valence-electron chi connectivity index (χ0n) is 26.0. The minimum Gasteiger partial charge on any atom is -0.309 e. The fraction of sp³-hybridized carbons (Fsp3) is 0.0909. The van der Waals surface area contributed by atoms with E-state index >= 15 is 0 Å². The summed E-state index contributed by atoms with van der Waals surface area (Å²) in [6.45, 7) is 2.05. The van der Waals surface area contributed by atoms with Gasteiger partial charge in [0, 0.05) is 27.7 Å². The first-order chi connectivity index (χ1) is 22.7. The van der Waals surface area contributed by atoms with Crippen LogP contribution in [-0.2, 0) is 4.57 Å². The van der Waals surface area contributed by atoms with Gasteiger partial charge in [-0.15, -0.1) is 0 Å². The Kier molecular flexibility index (Phi) is 8.51. The SMILES string of the molecule is C/C=C\C=C/CC1=C2C=CC=CC2C(c2cccc(-c3ccc(P(=O)(c4ccccc4)c4ccccc4)cc3)c2)c2ccccc21. The van der Waals surface area contributed by atoms with Crippen LogP contribution in [0.1, 0.15) is 36.0 Å². The number of hydrogen-bond acceptors (Lipinski definition) is 1. The third-order valence-electron chi connectivity index (χ3n) is 9.20. The highest BCUT2D eigenvalue weighted by Gasteiger charge is 2.34. The lowest BCUT2D eigenvalue weighted by Gasteiger charge is -2.36. The second kappa shape index (κ2) is 13.2. The second-order valence-corrected chi connectivity index (χ2v) is 14.6. The Labute approximate surface area is 273 Å². The Hall–Kier alpha value is -4.97. The average Bonchev–Trinajstić information content (AvgIpc) is 3.13. The normalized spacial score (nSPS) is 17.4. The predicted octanol–water partition coefficient (Wildman–Crippen LogP) is 10.2. The molecule has 0 aliphatic heterocycles. The summed E-state index contributed by atoms with van der Waals surface area (Å²) in [6, 6.07) is 46.0. The molecular weight excluding hydrogens is 575 g/mol. The first-order valence-electron chi connectivity index (χ1n) is 16.1. The number of benzene rings is 5. The Morgan fingerprint density at radius 2 is 1.33 bits per heavy atom. The van der Waals surface area contributed by atoms with Crippen molar-refractivity contribution in [2.45, 2.75) is 19.3 Å². The van der Waals surface area contributed by atoms with Crippen molar-refractivity contribution >= 4 is 28.6 Å². The maximum Gasteiger partial charge on any atom is 0.171 e. The average molecular weight is 613 g/mol. The summed E-state index contributed by atoms with van der Waals surface area (Å²) in [6.07, 6.45) is 18.5. The van der Waals surface area contributed by atoms with E-state index in [-0.39, 0.29) is 11.8 Å². The zero-order valence-corrected chi connectivity index (χ0v) is 26.9. The minimum atomic E-state index is -3.02. The lowest BCUT2D eigenvalue weighted by atomic mass is 9.67. The summed E-state index contributed by atoms with van der Waals surface area (Å²) in [5.74, 6) is 0.483. The van der Waals surface area contributed by atoms with Gasteiger partial charge < -0.3 is 4.57 Å². The monoisotopic (exact) mass is 612 g/mol. The van der Waals surface area contributed by atoms with Gasteiger partial charge in [-0.05, 0) is 52.3 Å². The number of fused-ring (bicyclic) bond motifs is 2. The van der Waals surface area contributed by atoms with Crippen LogP contribution in [0.4, 0.5) is 0 Å². The van der Waals surface area contributed by atoms with Gasteiger partial charge in [0.1, 0.15) is 0 Å². The smallest absolute Gasteiger partial charge is 0.171 e. The molecule has 224 valence electrons. The lowest BCUT2D eigenvalue weighted by molar-refractivity contribution is 0.592. The van der Waals surface area contributed by atoms with Crippen LogP contribution < -0.4 is 15.9 Å². The zero-order chi connectivity index (χ0) is 31.3. The van der Waals surface area contributed by atoms with Crippen LogP contribution in [0.15, 0.2) is 188 Å². The van der Waals surface area contributed by atoms with Crippen molar-refractivity contribution in [3.63, 3.8) is 0 Å². The van der Waals surface area contributed by atoms with Crippen LogP contribution in [-0.4, -0.2) is 0 Å². The van der Waals surface area contributed by atoms with E-state index in [1.807, 2.05) is 67.6 Å². The Morgan fingerprint density at radius 3 is 2.04 bits per heavy atom. The van der Waals surface area contributed by atoms with Gasteiger partial charge in [0.25, 0.3) is 0 Å². The molecule has 2 atom stereocenters. The molecule has 0 aromatic heterocycles. The first kappa shape index (κ1) is 29.7. The highest BCUT2D eigenvalue weighted by atomic mass is 31.2. The van der Waals surface area contributed by atoms with Crippen molar-refractivity contribution in [3.05, 3.63) is 204 Å². The third kappa shape index (κ3) is 5.53. The van der Waals surface area contributed by atoms with Gasteiger partial charge in [0.05, 0.1) is 0 Å². The van der Waals surface area contributed by atoms with Crippen molar-refractivity contribution in [2.24, 2.45) is 5.92 Å². The molecule has 0 bridgehead atoms. The fourth-order valence-corrected chi connectivity index (χ4v) is 9.68. The van der Waals surface area contributed by atoms with E-state index in [0.717, 1.165) is 33.5 Å². The summed E-state index contributed by atoms with van der Waals surface area (Å²) in [5, 5.41) is 2.54. The van der Waals surface area contributed by atoms with Crippen molar-refractivity contribution < 1.29 is 4.57 Å². The van der Waals surface area contributed by atoms with Gasteiger partial charge in [0.15, 0.2) is 7.14 Å². The fourth-order valence-electron chi connectivity index (χ4n) is 7.03. The molecule has 0 fully saturated rings. The van der Waals surface area contributed by atoms with E-state index in [4.69, 9.17) is 0 Å². The van der Waals surface area contributed by atoms with Gasteiger partial charge in [0.2, 0.25) is 0 Å². The van der Waals surface area contributed by atoms with Crippen LogP contribution >= 0.6 is 7.14 Å². The molecule has 0 saturated carbocycles. The van der Waals surface area contributed by atoms with Crippen LogP contribution in [0.5, 0.6) is 0 Å². The van der Waals surface area contributed by atoms with Crippen LogP contribution in [0.3, 0.4) is 0 Å². The van der Waals surface area contributed by atoms with Crippen molar-refractivity contribution in [1.29, 1.82) is 0 Å². The molecule has 5 aromatic carbocycles. The Bertz CT molecular complexity index is 2000. The van der Waals surface area contributed by atoms with Crippen molar-refractivity contribution in [3.8, 4) is 11.1 Å². The molecule has 2 aliphatic rings. The van der Waals surface area contributed by atoms with Crippen molar-refractivity contribution in [2.75, 3.05) is 0 Å². The molecular formula is C44H37OP. The van der Waals surface area contributed by atoms with Gasteiger partial charge in [-0.1, -0.05) is 182 Å². The molecule has 1 nitrogen and oxygen atoms in total. The predicted molar refractivity (Wildman–Crippen MR) is 197 cm³/mol. The standard InChI is InChI=1S/C44H37OP/c1-2-3-4-11-23-39-40-24-12-14-26-42(40)44(43-27-15-13-25-41(39)43)35-18-16-17-34(32-35)33-28-30-38(31-29-33)46(45,36-19-7-5-8-20-36)37-21-9-6-10-22-37/h2-22,24-32,42,44H,23H2,1H3/b3-2-,11-4-. The Balaban J connectivity index is 1.27. The molecule has 5 aromatic rings. The van der Waals surface area contributed by atoms with E-state index in [9.17, 15) is 4.57 Å². The maximum atomic E-state index is 14.9. The lowest BCUT2D eigenvalue weighted by Crippen LogP contribution is -2.24. The van der Waals surface area contributed by atoms with Crippen LogP contribution in [0, 0.1) is 5.92 Å². The van der Waals surface area contributed by atoms with Gasteiger partial charge in [-0.25, -0.2) is 0 Å². The quantitative estimate of drug-likeness (QED) is 0.126.